The molecule has 0 aromatic heterocycles. The molecule has 21 heavy (non-hydrogen) atoms. The van der Waals surface area contributed by atoms with E-state index in [1.165, 1.54) is 6.07 Å². The standard InChI is InChI=1S/C14H19BrClNO3S/c15-11-6-7-14(12(16)8-11)21(19,20)17-13-5-3-1-2-4-10(13)9-18/h6-8,10,13,17-18H,1-5,9H2/t10-,13+/m1/s1. The van der Waals surface area contributed by atoms with E-state index < -0.39 is 10.0 Å². The van der Waals surface area contributed by atoms with Crippen LogP contribution in [0.15, 0.2) is 27.6 Å². The predicted molar refractivity (Wildman–Crippen MR) is 86.9 cm³/mol. The largest absolute Gasteiger partial charge is 0.396 e. The molecule has 1 aromatic rings. The summed E-state index contributed by atoms with van der Waals surface area (Å²) < 4.78 is 28.5. The van der Waals surface area contributed by atoms with Gasteiger partial charge in [-0.25, -0.2) is 13.1 Å². The minimum absolute atomic E-state index is 0.00125. The summed E-state index contributed by atoms with van der Waals surface area (Å²) in [4.78, 5) is 0.0771. The van der Waals surface area contributed by atoms with E-state index in [9.17, 15) is 13.5 Å². The van der Waals surface area contributed by atoms with Crippen molar-refractivity contribution in [1.82, 2.24) is 4.72 Å². The van der Waals surface area contributed by atoms with Gasteiger partial charge in [0.15, 0.2) is 0 Å². The van der Waals surface area contributed by atoms with Crippen molar-refractivity contribution in [2.75, 3.05) is 6.61 Å². The number of rotatable bonds is 4. The first kappa shape index (κ1) is 17.2. The molecule has 118 valence electrons. The summed E-state index contributed by atoms with van der Waals surface area (Å²) in [5, 5.41) is 9.66. The van der Waals surface area contributed by atoms with Gasteiger partial charge in [0.05, 0.1) is 5.02 Å². The topological polar surface area (TPSA) is 66.4 Å². The van der Waals surface area contributed by atoms with Crippen LogP contribution in [0.3, 0.4) is 0 Å². The van der Waals surface area contributed by atoms with Crippen molar-refractivity contribution < 1.29 is 13.5 Å². The molecule has 0 spiro atoms. The van der Waals surface area contributed by atoms with Crippen LogP contribution in [0.1, 0.15) is 32.1 Å². The number of aliphatic hydroxyl groups is 1. The zero-order valence-electron chi connectivity index (χ0n) is 11.6. The fourth-order valence-electron chi connectivity index (χ4n) is 2.71. The van der Waals surface area contributed by atoms with E-state index >= 15 is 0 Å². The van der Waals surface area contributed by atoms with Gasteiger partial charge < -0.3 is 5.11 Å². The molecule has 1 aliphatic rings. The normalized spacial score (nSPS) is 23.8. The lowest BCUT2D eigenvalue weighted by Crippen LogP contribution is -2.41. The van der Waals surface area contributed by atoms with E-state index in [0.29, 0.717) is 0 Å². The Morgan fingerprint density at radius 3 is 2.67 bits per heavy atom. The zero-order chi connectivity index (χ0) is 15.5. The summed E-state index contributed by atoms with van der Waals surface area (Å²) >= 11 is 9.30. The van der Waals surface area contributed by atoms with Crippen molar-refractivity contribution in [3.8, 4) is 0 Å². The number of aliphatic hydroxyl groups excluding tert-OH is 1. The van der Waals surface area contributed by atoms with E-state index in [1.807, 2.05) is 0 Å². The van der Waals surface area contributed by atoms with Crippen LogP contribution in [0.2, 0.25) is 5.02 Å². The Labute approximate surface area is 139 Å². The quantitative estimate of drug-likeness (QED) is 0.767. The third kappa shape index (κ3) is 4.42. The van der Waals surface area contributed by atoms with Gasteiger partial charge >= 0.3 is 0 Å². The highest BCUT2D eigenvalue weighted by molar-refractivity contribution is 9.10. The summed E-state index contributed by atoms with van der Waals surface area (Å²) in [6.07, 6.45) is 4.67. The minimum atomic E-state index is -3.68. The zero-order valence-corrected chi connectivity index (χ0v) is 14.7. The Hall–Kier alpha value is -0.140. The molecule has 0 amide bonds. The van der Waals surface area contributed by atoms with Crippen LogP contribution >= 0.6 is 27.5 Å². The van der Waals surface area contributed by atoms with Gasteiger partial charge in [-0.15, -0.1) is 0 Å². The van der Waals surface area contributed by atoms with Gasteiger partial charge in [-0.1, -0.05) is 46.8 Å². The Morgan fingerprint density at radius 2 is 2.00 bits per heavy atom. The first-order valence-corrected chi connectivity index (χ1v) is 9.67. The molecular weight excluding hydrogens is 378 g/mol. The van der Waals surface area contributed by atoms with E-state index in [2.05, 4.69) is 20.7 Å². The predicted octanol–water partition coefficient (Wildman–Crippen LogP) is 3.32. The molecule has 0 radical (unpaired) electrons. The van der Waals surface area contributed by atoms with Gasteiger partial charge in [-0.2, -0.15) is 0 Å². The van der Waals surface area contributed by atoms with Crippen LogP contribution in [-0.4, -0.2) is 26.2 Å². The average Bonchev–Trinajstić information content (AvgIpc) is 2.62. The summed E-state index contributed by atoms with van der Waals surface area (Å²) in [6, 6.07) is 4.46. The highest BCUT2D eigenvalue weighted by atomic mass is 79.9. The van der Waals surface area contributed by atoms with E-state index in [1.54, 1.807) is 12.1 Å². The molecule has 1 saturated carbocycles. The van der Waals surface area contributed by atoms with Crippen molar-refractivity contribution in [2.24, 2.45) is 5.92 Å². The fraction of sp³-hybridized carbons (Fsp3) is 0.571. The number of hydrogen-bond donors (Lipinski definition) is 2. The molecule has 1 aromatic carbocycles. The van der Waals surface area contributed by atoms with Crippen molar-refractivity contribution in [2.45, 2.75) is 43.0 Å². The van der Waals surface area contributed by atoms with Gasteiger partial charge in [0.25, 0.3) is 0 Å². The lowest BCUT2D eigenvalue weighted by Gasteiger charge is -2.24. The molecule has 0 unspecified atom stereocenters. The maximum absolute atomic E-state index is 12.5. The molecular formula is C14H19BrClNO3S. The third-order valence-electron chi connectivity index (χ3n) is 3.88. The van der Waals surface area contributed by atoms with Crippen molar-refractivity contribution in [3.63, 3.8) is 0 Å². The highest BCUT2D eigenvalue weighted by Gasteiger charge is 2.29. The smallest absolute Gasteiger partial charge is 0.242 e. The lowest BCUT2D eigenvalue weighted by molar-refractivity contribution is 0.191. The van der Waals surface area contributed by atoms with Gasteiger partial charge in [0.2, 0.25) is 10.0 Å². The van der Waals surface area contributed by atoms with Crippen LogP contribution in [0.25, 0.3) is 0 Å². The Bertz CT molecular complexity index is 594. The minimum Gasteiger partial charge on any atom is -0.396 e. The SMILES string of the molecule is O=S(=O)(N[C@H]1CCCCC[C@@H]1CO)c1ccc(Br)cc1Cl. The molecule has 0 bridgehead atoms. The monoisotopic (exact) mass is 395 g/mol. The summed E-state index contributed by atoms with van der Waals surface area (Å²) in [5.74, 6) is -0.0310. The molecule has 0 aliphatic heterocycles. The van der Waals surface area contributed by atoms with Crippen molar-refractivity contribution >= 4 is 37.6 Å². The number of benzene rings is 1. The van der Waals surface area contributed by atoms with Crippen LogP contribution < -0.4 is 4.72 Å². The number of sulfonamides is 1. The Kier molecular flexibility index (Phi) is 6.08. The molecule has 1 aliphatic carbocycles. The fourth-order valence-corrected chi connectivity index (χ4v) is 5.09. The highest BCUT2D eigenvalue weighted by Crippen LogP contribution is 2.28. The molecule has 2 rings (SSSR count). The maximum Gasteiger partial charge on any atom is 0.242 e. The molecule has 0 saturated heterocycles. The molecule has 7 heteroatoms. The lowest BCUT2D eigenvalue weighted by atomic mass is 9.97. The summed E-state index contributed by atoms with van der Waals surface area (Å²) in [7, 11) is -3.68. The van der Waals surface area contributed by atoms with Gasteiger partial charge in [-0.05, 0) is 37.0 Å². The number of hydrogen-bond acceptors (Lipinski definition) is 3. The summed E-state index contributed by atoms with van der Waals surface area (Å²) in [5.41, 5.74) is 0. The third-order valence-corrected chi connectivity index (χ3v) is 6.35. The molecule has 4 nitrogen and oxygen atoms in total. The van der Waals surface area contributed by atoms with Crippen molar-refractivity contribution in [3.05, 3.63) is 27.7 Å². The molecule has 1 fully saturated rings. The van der Waals surface area contributed by atoms with Gasteiger partial charge in [0.1, 0.15) is 4.90 Å². The van der Waals surface area contributed by atoms with Crippen molar-refractivity contribution in [1.29, 1.82) is 0 Å². The first-order chi connectivity index (χ1) is 9.94. The number of halogens is 2. The van der Waals surface area contributed by atoms with Gasteiger partial charge in [-0.3, -0.25) is 0 Å². The maximum atomic E-state index is 12.5. The molecule has 2 atom stereocenters. The van der Waals surface area contributed by atoms with Crippen LogP contribution in [-0.2, 0) is 10.0 Å². The van der Waals surface area contributed by atoms with Gasteiger partial charge in [0, 0.05) is 17.1 Å². The van der Waals surface area contributed by atoms with Crippen LogP contribution in [0.5, 0.6) is 0 Å². The second kappa shape index (κ2) is 7.42. The van der Waals surface area contributed by atoms with Crippen LogP contribution in [0.4, 0.5) is 0 Å². The Morgan fingerprint density at radius 1 is 1.29 bits per heavy atom. The summed E-state index contributed by atoms with van der Waals surface area (Å²) in [6.45, 7) is 0.00125. The first-order valence-electron chi connectivity index (χ1n) is 7.02. The molecule has 0 heterocycles. The molecule has 2 N–H and O–H groups in total. The second-order valence-corrected chi connectivity index (χ2v) is 8.39. The van der Waals surface area contributed by atoms with Crippen LogP contribution in [0, 0.1) is 5.92 Å². The van der Waals surface area contributed by atoms with E-state index in [4.69, 9.17) is 11.6 Å². The average molecular weight is 397 g/mol. The van der Waals surface area contributed by atoms with E-state index in [-0.39, 0.29) is 28.5 Å². The second-order valence-electron chi connectivity index (χ2n) is 5.38. The Balaban J connectivity index is 2.23. The number of nitrogens with one attached hydrogen (secondary N) is 1. The van der Waals surface area contributed by atoms with E-state index in [0.717, 1.165) is 36.6 Å².